The maximum Gasteiger partial charge on any atom is 0.0579 e. The summed E-state index contributed by atoms with van der Waals surface area (Å²) in [7, 11) is 0. The summed E-state index contributed by atoms with van der Waals surface area (Å²) in [5.74, 6) is 0. The van der Waals surface area contributed by atoms with E-state index in [-0.39, 0.29) is 6.04 Å². The predicted octanol–water partition coefficient (Wildman–Crippen LogP) is 5.42. The minimum absolute atomic E-state index is 0.188. The Bertz CT molecular complexity index is 610. The smallest absolute Gasteiger partial charge is 0.0579 e. The number of nitrogens with one attached hydrogen (secondary N) is 1. The van der Waals surface area contributed by atoms with Crippen LogP contribution >= 0.6 is 27.5 Å². The molecule has 106 valence electrons. The monoisotopic (exact) mass is 351 g/mol. The summed E-state index contributed by atoms with van der Waals surface area (Å²) in [5, 5.41) is 4.40. The van der Waals surface area contributed by atoms with Gasteiger partial charge in [0.1, 0.15) is 0 Å². The number of benzene rings is 2. The van der Waals surface area contributed by atoms with E-state index in [2.05, 4.69) is 72.3 Å². The number of halogens is 2. The van der Waals surface area contributed by atoms with Crippen molar-refractivity contribution >= 4 is 27.5 Å². The van der Waals surface area contributed by atoms with Gasteiger partial charge in [-0.1, -0.05) is 52.7 Å². The van der Waals surface area contributed by atoms with E-state index in [9.17, 15) is 0 Å². The molecule has 2 aromatic rings. The van der Waals surface area contributed by atoms with E-state index in [0.29, 0.717) is 0 Å². The van der Waals surface area contributed by atoms with Crippen molar-refractivity contribution in [1.29, 1.82) is 0 Å². The Balaban J connectivity index is 2.51. The van der Waals surface area contributed by atoms with E-state index in [0.717, 1.165) is 21.6 Å². The van der Waals surface area contributed by atoms with E-state index in [1.807, 2.05) is 6.07 Å². The van der Waals surface area contributed by atoms with Crippen LogP contribution in [0.15, 0.2) is 40.9 Å². The first kappa shape index (κ1) is 15.6. The fourth-order valence-electron chi connectivity index (χ4n) is 2.41. The van der Waals surface area contributed by atoms with Crippen molar-refractivity contribution in [3.63, 3.8) is 0 Å². The highest BCUT2D eigenvalue weighted by Crippen LogP contribution is 2.30. The van der Waals surface area contributed by atoms with Gasteiger partial charge in [-0.2, -0.15) is 0 Å². The lowest BCUT2D eigenvalue weighted by molar-refractivity contribution is 0.627. The van der Waals surface area contributed by atoms with Gasteiger partial charge < -0.3 is 5.32 Å². The Hall–Kier alpha value is -0.830. The van der Waals surface area contributed by atoms with Crippen LogP contribution in [0.1, 0.15) is 35.2 Å². The van der Waals surface area contributed by atoms with E-state index in [1.54, 1.807) is 0 Å². The van der Waals surface area contributed by atoms with Crippen LogP contribution in [-0.4, -0.2) is 6.54 Å². The van der Waals surface area contributed by atoms with Crippen molar-refractivity contribution in [2.75, 3.05) is 6.54 Å². The zero-order chi connectivity index (χ0) is 14.7. The van der Waals surface area contributed by atoms with Crippen LogP contribution in [0.25, 0.3) is 0 Å². The lowest BCUT2D eigenvalue weighted by Gasteiger charge is -2.22. The van der Waals surface area contributed by atoms with Crippen LogP contribution in [0, 0.1) is 13.8 Å². The quantitative estimate of drug-likeness (QED) is 0.775. The zero-order valence-corrected chi connectivity index (χ0v) is 14.3. The molecule has 0 aliphatic rings. The number of rotatable bonds is 4. The standard InChI is InChI=1S/C17H19BrClN/c1-4-20-17(13-6-5-7-14(18)10-13)15-8-12(3)16(19)9-11(15)2/h5-10,17,20H,4H2,1-3H3. The normalized spacial score (nSPS) is 12.4. The molecule has 0 heterocycles. The van der Waals surface area contributed by atoms with Gasteiger partial charge in [0.05, 0.1) is 6.04 Å². The molecule has 1 unspecified atom stereocenters. The molecule has 0 aliphatic heterocycles. The Labute approximate surface area is 134 Å². The van der Waals surface area contributed by atoms with Gasteiger partial charge in [-0.3, -0.25) is 0 Å². The third-order valence-electron chi connectivity index (χ3n) is 3.45. The Kier molecular flexibility index (Phi) is 5.25. The molecule has 2 rings (SSSR count). The highest BCUT2D eigenvalue weighted by Gasteiger charge is 2.16. The van der Waals surface area contributed by atoms with Gasteiger partial charge in [-0.25, -0.2) is 0 Å². The highest BCUT2D eigenvalue weighted by atomic mass is 79.9. The summed E-state index contributed by atoms with van der Waals surface area (Å²) < 4.78 is 1.10. The van der Waals surface area contributed by atoms with Gasteiger partial charge in [-0.05, 0) is 60.8 Å². The van der Waals surface area contributed by atoms with Crippen LogP contribution in [-0.2, 0) is 0 Å². The molecule has 1 nitrogen and oxygen atoms in total. The van der Waals surface area contributed by atoms with Crippen molar-refractivity contribution in [3.8, 4) is 0 Å². The summed E-state index contributed by atoms with van der Waals surface area (Å²) in [6.45, 7) is 7.21. The summed E-state index contributed by atoms with van der Waals surface area (Å²) >= 11 is 9.76. The summed E-state index contributed by atoms with van der Waals surface area (Å²) in [6, 6.07) is 12.9. The zero-order valence-electron chi connectivity index (χ0n) is 12.0. The van der Waals surface area contributed by atoms with Crippen LogP contribution < -0.4 is 5.32 Å². The first-order valence-electron chi connectivity index (χ1n) is 6.78. The Morgan fingerprint density at radius 2 is 1.90 bits per heavy atom. The molecule has 0 bridgehead atoms. The van der Waals surface area contributed by atoms with Crippen LogP contribution in [0.4, 0.5) is 0 Å². The minimum atomic E-state index is 0.188. The van der Waals surface area contributed by atoms with Crippen LogP contribution in [0.2, 0.25) is 5.02 Å². The fourth-order valence-corrected chi connectivity index (χ4v) is 3.05. The molecule has 0 radical (unpaired) electrons. The molecule has 20 heavy (non-hydrogen) atoms. The summed E-state index contributed by atoms with van der Waals surface area (Å²) in [4.78, 5) is 0. The summed E-state index contributed by atoms with van der Waals surface area (Å²) in [6.07, 6.45) is 0. The van der Waals surface area contributed by atoms with Crippen molar-refractivity contribution < 1.29 is 0 Å². The molecular weight excluding hydrogens is 334 g/mol. The Morgan fingerprint density at radius 3 is 2.55 bits per heavy atom. The largest absolute Gasteiger partial charge is 0.307 e. The fraction of sp³-hybridized carbons (Fsp3) is 0.294. The average Bonchev–Trinajstić information content (AvgIpc) is 2.40. The minimum Gasteiger partial charge on any atom is -0.307 e. The van der Waals surface area contributed by atoms with E-state index in [4.69, 9.17) is 11.6 Å². The molecule has 1 N–H and O–H groups in total. The van der Waals surface area contributed by atoms with Gasteiger partial charge in [-0.15, -0.1) is 0 Å². The molecule has 0 saturated heterocycles. The first-order chi connectivity index (χ1) is 9.52. The van der Waals surface area contributed by atoms with Crippen molar-refractivity contribution in [1.82, 2.24) is 5.32 Å². The molecule has 2 aromatic carbocycles. The van der Waals surface area contributed by atoms with E-state index >= 15 is 0 Å². The van der Waals surface area contributed by atoms with Gasteiger partial charge in [0.2, 0.25) is 0 Å². The molecule has 0 aromatic heterocycles. The lowest BCUT2D eigenvalue weighted by Crippen LogP contribution is -2.23. The number of hydrogen-bond donors (Lipinski definition) is 1. The van der Waals surface area contributed by atoms with Gasteiger partial charge in [0.15, 0.2) is 0 Å². The molecule has 3 heteroatoms. The second kappa shape index (κ2) is 6.75. The molecule has 0 spiro atoms. The first-order valence-corrected chi connectivity index (χ1v) is 7.95. The van der Waals surface area contributed by atoms with Gasteiger partial charge in [0.25, 0.3) is 0 Å². The molecular formula is C17H19BrClN. The number of hydrogen-bond acceptors (Lipinski definition) is 1. The summed E-state index contributed by atoms with van der Waals surface area (Å²) in [5.41, 5.74) is 4.87. The van der Waals surface area contributed by atoms with Gasteiger partial charge >= 0.3 is 0 Å². The van der Waals surface area contributed by atoms with E-state index in [1.165, 1.54) is 16.7 Å². The van der Waals surface area contributed by atoms with Crippen molar-refractivity contribution in [3.05, 3.63) is 68.1 Å². The molecule has 0 amide bonds. The van der Waals surface area contributed by atoms with Crippen LogP contribution in [0.3, 0.4) is 0 Å². The molecule has 0 fully saturated rings. The second-order valence-corrected chi connectivity index (χ2v) is 6.33. The van der Waals surface area contributed by atoms with Crippen molar-refractivity contribution in [2.24, 2.45) is 0 Å². The highest BCUT2D eigenvalue weighted by molar-refractivity contribution is 9.10. The topological polar surface area (TPSA) is 12.0 Å². The maximum absolute atomic E-state index is 6.21. The number of aryl methyl sites for hydroxylation is 2. The average molecular weight is 353 g/mol. The maximum atomic E-state index is 6.21. The lowest BCUT2D eigenvalue weighted by atomic mass is 9.93. The van der Waals surface area contributed by atoms with Gasteiger partial charge in [0, 0.05) is 9.50 Å². The molecule has 1 atom stereocenters. The van der Waals surface area contributed by atoms with Crippen LogP contribution in [0.5, 0.6) is 0 Å². The third-order valence-corrected chi connectivity index (χ3v) is 4.35. The van der Waals surface area contributed by atoms with E-state index < -0.39 is 0 Å². The van der Waals surface area contributed by atoms with Crippen molar-refractivity contribution in [2.45, 2.75) is 26.8 Å². The molecule has 0 saturated carbocycles. The molecule has 0 aliphatic carbocycles. The SMILES string of the molecule is CCNC(c1cccc(Br)c1)c1cc(C)c(Cl)cc1C. The third kappa shape index (κ3) is 3.43. The Morgan fingerprint density at radius 1 is 1.15 bits per heavy atom. The predicted molar refractivity (Wildman–Crippen MR) is 90.6 cm³/mol. The second-order valence-electron chi connectivity index (χ2n) is 5.00.